The Balaban J connectivity index is 2.61. The molecule has 0 aromatic heterocycles. The number of aliphatic hydroxyl groups is 3. The van der Waals surface area contributed by atoms with Gasteiger partial charge in [-0.25, -0.2) is 0 Å². The summed E-state index contributed by atoms with van der Waals surface area (Å²) in [6, 6.07) is -1.90. The molecule has 0 saturated carbocycles. The van der Waals surface area contributed by atoms with Crippen molar-refractivity contribution in [3.05, 3.63) is 0 Å². The number of nitrogens with zero attached hydrogens (tertiary/aromatic N) is 1. The first-order chi connectivity index (χ1) is 23.3. The van der Waals surface area contributed by atoms with E-state index < -0.39 is 49.1 Å². The van der Waals surface area contributed by atoms with Crippen LogP contribution in [0.4, 0.5) is 0 Å². The number of ether oxygens (including phenoxy) is 1. The summed E-state index contributed by atoms with van der Waals surface area (Å²) >= 11 is 0. The number of aliphatic hydroxyl groups excluding tert-OH is 3. The van der Waals surface area contributed by atoms with Gasteiger partial charge >= 0.3 is 0 Å². The van der Waals surface area contributed by atoms with Gasteiger partial charge in [0.1, 0.15) is 24.4 Å². The van der Waals surface area contributed by atoms with E-state index in [4.69, 9.17) is 10.5 Å². The van der Waals surface area contributed by atoms with Gasteiger partial charge in [0.05, 0.1) is 12.6 Å². The maximum Gasteiger partial charge on any atom is 0.237 e. The van der Waals surface area contributed by atoms with Crippen molar-refractivity contribution >= 4 is 11.8 Å². The van der Waals surface area contributed by atoms with Crippen LogP contribution in [-0.4, -0.2) is 81.8 Å². The largest absolute Gasteiger partial charge is 0.394 e. The Labute approximate surface area is 294 Å². The Hall–Kier alpha value is -1.26. The molecular weight excluding hydrogens is 606 g/mol. The summed E-state index contributed by atoms with van der Waals surface area (Å²) in [5.41, 5.74) is 5.79. The minimum atomic E-state index is -1.42. The van der Waals surface area contributed by atoms with E-state index in [0.717, 1.165) is 38.5 Å². The second-order valence-electron chi connectivity index (χ2n) is 14.5. The molecule has 1 aliphatic heterocycles. The van der Waals surface area contributed by atoms with E-state index in [0.29, 0.717) is 13.0 Å². The van der Waals surface area contributed by atoms with Crippen LogP contribution < -0.4 is 11.1 Å². The normalized spacial score (nSPS) is 21.7. The molecule has 284 valence electrons. The molecule has 1 aliphatic rings. The average Bonchev–Trinajstić information content (AvgIpc) is 3.07. The summed E-state index contributed by atoms with van der Waals surface area (Å²) < 4.78 is 6.06. The molecule has 0 aromatic carbocycles. The van der Waals surface area contributed by atoms with Crippen LogP contribution in [-0.2, 0) is 14.3 Å². The smallest absolute Gasteiger partial charge is 0.237 e. The average molecular weight is 684 g/mol. The van der Waals surface area contributed by atoms with E-state index in [9.17, 15) is 24.9 Å². The van der Waals surface area contributed by atoms with Crippen LogP contribution in [0.5, 0.6) is 0 Å². The monoisotopic (exact) mass is 684 g/mol. The SMILES string of the molecule is CCCCCCCCCCCCCCCCCC(=O)N(CCCCCCCCCCCC)[C@@H]1O[C@H](CO)[C@@H](O)[C@H](O)[C@H]1NC(=O)[C@@H](C)N. The van der Waals surface area contributed by atoms with E-state index in [-0.39, 0.29) is 5.91 Å². The first-order valence-electron chi connectivity index (χ1n) is 20.3. The number of carbonyl (C=O) groups excluding carboxylic acids is 2. The zero-order chi connectivity index (χ0) is 35.4. The van der Waals surface area contributed by atoms with Crippen molar-refractivity contribution in [2.45, 2.75) is 224 Å². The van der Waals surface area contributed by atoms with Gasteiger partial charge in [-0.3, -0.25) is 9.59 Å². The zero-order valence-electron chi connectivity index (χ0n) is 31.4. The number of hydrogen-bond donors (Lipinski definition) is 5. The molecule has 0 aromatic rings. The summed E-state index contributed by atoms with van der Waals surface area (Å²) in [4.78, 5) is 27.9. The third-order valence-electron chi connectivity index (χ3n) is 10.00. The van der Waals surface area contributed by atoms with E-state index in [1.54, 1.807) is 4.90 Å². The predicted octanol–water partition coefficient (Wildman–Crippen LogP) is 7.27. The van der Waals surface area contributed by atoms with Crippen molar-refractivity contribution in [2.24, 2.45) is 5.73 Å². The molecule has 1 rings (SSSR count). The van der Waals surface area contributed by atoms with Crippen molar-refractivity contribution in [1.29, 1.82) is 0 Å². The minimum absolute atomic E-state index is 0.0917. The Kier molecular flexibility index (Phi) is 27.5. The van der Waals surface area contributed by atoms with Crippen molar-refractivity contribution in [3.8, 4) is 0 Å². The van der Waals surface area contributed by atoms with Gasteiger partial charge in [-0.2, -0.15) is 0 Å². The van der Waals surface area contributed by atoms with E-state index in [1.807, 2.05) is 0 Å². The van der Waals surface area contributed by atoms with Crippen molar-refractivity contribution in [1.82, 2.24) is 10.2 Å². The molecule has 0 bridgehead atoms. The molecular formula is C39H77N3O6. The molecule has 1 saturated heterocycles. The van der Waals surface area contributed by atoms with Crippen molar-refractivity contribution in [3.63, 3.8) is 0 Å². The van der Waals surface area contributed by atoms with Crippen LogP contribution in [0.15, 0.2) is 0 Å². The predicted molar refractivity (Wildman–Crippen MR) is 196 cm³/mol. The highest BCUT2D eigenvalue weighted by molar-refractivity contribution is 5.81. The molecule has 1 fully saturated rings. The maximum atomic E-state index is 13.7. The lowest BCUT2D eigenvalue weighted by molar-refractivity contribution is -0.231. The van der Waals surface area contributed by atoms with Crippen LogP contribution in [0, 0.1) is 0 Å². The topological polar surface area (TPSA) is 145 Å². The molecule has 9 nitrogen and oxygen atoms in total. The van der Waals surface area contributed by atoms with E-state index >= 15 is 0 Å². The maximum absolute atomic E-state index is 13.7. The second-order valence-corrected chi connectivity index (χ2v) is 14.5. The standard InChI is InChI=1S/C39H77N3O6/c1-4-6-8-10-12-14-16-17-18-19-20-21-23-25-27-29-34(44)42(30-28-26-24-22-15-13-11-9-7-5-2)39-35(41-38(47)32(3)40)37(46)36(45)33(31-43)48-39/h32-33,35-37,39,43,45-46H,4-31,40H2,1-3H3,(H,41,47)/t32-,33-,35-,36-,37-,39-/m1/s1. The fraction of sp³-hybridized carbons (Fsp3) is 0.949. The van der Waals surface area contributed by atoms with E-state index in [2.05, 4.69) is 19.2 Å². The fourth-order valence-electron chi connectivity index (χ4n) is 6.77. The lowest BCUT2D eigenvalue weighted by Crippen LogP contribution is -2.69. The van der Waals surface area contributed by atoms with Crippen LogP contribution >= 0.6 is 0 Å². The highest BCUT2D eigenvalue weighted by atomic mass is 16.5. The van der Waals surface area contributed by atoms with E-state index in [1.165, 1.54) is 129 Å². The lowest BCUT2D eigenvalue weighted by Gasteiger charge is -2.47. The van der Waals surface area contributed by atoms with Gasteiger partial charge < -0.3 is 36.0 Å². The third-order valence-corrected chi connectivity index (χ3v) is 10.00. The van der Waals surface area contributed by atoms with Gasteiger partial charge in [-0.05, 0) is 19.8 Å². The summed E-state index contributed by atoms with van der Waals surface area (Å²) in [6.45, 7) is 5.94. The lowest BCUT2D eigenvalue weighted by atomic mass is 9.94. The number of nitrogens with one attached hydrogen (secondary N) is 1. The zero-order valence-corrected chi connectivity index (χ0v) is 31.4. The van der Waals surface area contributed by atoms with Crippen LogP contribution in [0.3, 0.4) is 0 Å². The second kappa shape index (κ2) is 29.5. The quantitative estimate of drug-likeness (QED) is 0.0483. The highest BCUT2D eigenvalue weighted by Crippen LogP contribution is 2.26. The molecule has 48 heavy (non-hydrogen) atoms. The number of carbonyl (C=O) groups is 2. The van der Waals surface area contributed by atoms with Crippen LogP contribution in [0.2, 0.25) is 0 Å². The Morgan fingerprint density at radius 3 is 1.46 bits per heavy atom. The van der Waals surface area contributed by atoms with Crippen LogP contribution in [0.25, 0.3) is 0 Å². The van der Waals surface area contributed by atoms with Gasteiger partial charge in [-0.15, -0.1) is 0 Å². The molecule has 9 heteroatoms. The van der Waals surface area contributed by atoms with Gasteiger partial charge in [0.25, 0.3) is 0 Å². The molecule has 0 radical (unpaired) electrons. The van der Waals surface area contributed by atoms with Crippen molar-refractivity contribution in [2.75, 3.05) is 13.2 Å². The van der Waals surface area contributed by atoms with Gasteiger partial charge in [0.15, 0.2) is 6.23 Å². The summed E-state index contributed by atoms with van der Waals surface area (Å²) in [6.07, 6.45) is 25.9. The summed E-state index contributed by atoms with van der Waals surface area (Å²) in [5.74, 6) is -0.595. The molecule has 6 N–H and O–H groups in total. The molecule has 0 aliphatic carbocycles. The molecule has 6 atom stereocenters. The third kappa shape index (κ3) is 19.8. The highest BCUT2D eigenvalue weighted by Gasteiger charge is 2.48. The summed E-state index contributed by atoms with van der Waals surface area (Å²) in [5, 5.41) is 34.2. The first kappa shape index (κ1) is 44.8. The van der Waals surface area contributed by atoms with Crippen LogP contribution in [0.1, 0.15) is 188 Å². The van der Waals surface area contributed by atoms with Gasteiger partial charge in [0, 0.05) is 13.0 Å². The Morgan fingerprint density at radius 1 is 0.667 bits per heavy atom. The van der Waals surface area contributed by atoms with Gasteiger partial charge in [0.2, 0.25) is 11.8 Å². The molecule has 0 unspecified atom stereocenters. The Bertz CT molecular complexity index is 785. The summed E-state index contributed by atoms with van der Waals surface area (Å²) in [7, 11) is 0. The fourth-order valence-corrected chi connectivity index (χ4v) is 6.77. The molecule has 2 amide bonds. The number of unbranched alkanes of at least 4 members (excludes halogenated alkanes) is 23. The van der Waals surface area contributed by atoms with Gasteiger partial charge in [-0.1, -0.05) is 162 Å². The molecule has 1 heterocycles. The number of hydrogen-bond acceptors (Lipinski definition) is 7. The van der Waals surface area contributed by atoms with Crippen molar-refractivity contribution < 1.29 is 29.6 Å². The molecule has 0 spiro atoms. The minimum Gasteiger partial charge on any atom is -0.394 e. The Morgan fingerprint density at radius 2 is 1.06 bits per heavy atom. The first-order valence-corrected chi connectivity index (χ1v) is 20.3. The number of nitrogens with two attached hydrogens (primary N) is 1. The number of amides is 2. The number of rotatable bonds is 31.